The van der Waals surface area contributed by atoms with Crippen molar-refractivity contribution in [3.05, 3.63) is 54.1 Å². The van der Waals surface area contributed by atoms with E-state index in [9.17, 15) is 4.79 Å². The van der Waals surface area contributed by atoms with Gasteiger partial charge in [0.05, 0.1) is 20.3 Å². The van der Waals surface area contributed by atoms with Crippen molar-refractivity contribution in [1.29, 1.82) is 0 Å². The van der Waals surface area contributed by atoms with Crippen molar-refractivity contribution in [2.45, 2.75) is 19.5 Å². The van der Waals surface area contributed by atoms with Gasteiger partial charge in [-0.05, 0) is 24.6 Å². The fourth-order valence-electron chi connectivity index (χ4n) is 3.48. The molecule has 2 aromatic carbocycles. The first-order chi connectivity index (χ1) is 13.6. The van der Waals surface area contributed by atoms with Crippen molar-refractivity contribution >= 4 is 11.6 Å². The van der Waals surface area contributed by atoms with Crippen molar-refractivity contribution in [3.63, 3.8) is 0 Å². The van der Waals surface area contributed by atoms with E-state index in [1.54, 1.807) is 26.4 Å². The van der Waals surface area contributed by atoms with E-state index in [1.165, 1.54) is 5.56 Å². The van der Waals surface area contributed by atoms with Gasteiger partial charge in [0, 0.05) is 44.5 Å². The predicted octanol–water partition coefficient (Wildman–Crippen LogP) is 2.85. The standard InChI is InChI=1S/C22H29N3O3/c1-17(22(26)23-19-9-10-20(27-2)21(15-19)28-3)25-13-11-24(12-14-25)16-18-7-5-4-6-8-18/h4-10,15,17H,11-14,16H2,1-3H3,(H,23,26)/t17-/m0/s1. The van der Waals surface area contributed by atoms with Gasteiger partial charge in [-0.3, -0.25) is 14.6 Å². The van der Waals surface area contributed by atoms with E-state index in [0.29, 0.717) is 17.2 Å². The van der Waals surface area contributed by atoms with Crippen LogP contribution in [0.3, 0.4) is 0 Å². The molecular weight excluding hydrogens is 354 g/mol. The molecule has 6 heteroatoms. The van der Waals surface area contributed by atoms with E-state index in [-0.39, 0.29) is 11.9 Å². The van der Waals surface area contributed by atoms with Crippen LogP contribution in [0.25, 0.3) is 0 Å². The Morgan fingerprint density at radius 1 is 1.00 bits per heavy atom. The molecule has 0 unspecified atom stereocenters. The van der Waals surface area contributed by atoms with E-state index in [0.717, 1.165) is 32.7 Å². The van der Waals surface area contributed by atoms with Crippen molar-refractivity contribution in [2.75, 3.05) is 45.7 Å². The Bertz CT molecular complexity index is 774. The summed E-state index contributed by atoms with van der Waals surface area (Å²) < 4.78 is 10.5. The molecule has 0 spiro atoms. The molecule has 150 valence electrons. The molecule has 1 aliphatic rings. The van der Waals surface area contributed by atoms with Gasteiger partial charge in [-0.25, -0.2) is 0 Å². The highest BCUT2D eigenvalue weighted by molar-refractivity contribution is 5.94. The van der Waals surface area contributed by atoms with Gasteiger partial charge in [-0.1, -0.05) is 30.3 Å². The molecule has 0 saturated carbocycles. The molecule has 0 aromatic heterocycles. The molecule has 1 amide bonds. The van der Waals surface area contributed by atoms with Gasteiger partial charge in [0.25, 0.3) is 0 Å². The van der Waals surface area contributed by atoms with E-state index in [1.807, 2.05) is 19.1 Å². The molecule has 1 aliphatic heterocycles. The second-order valence-corrected chi connectivity index (χ2v) is 7.03. The Labute approximate surface area is 167 Å². The van der Waals surface area contributed by atoms with Crippen molar-refractivity contribution < 1.29 is 14.3 Å². The summed E-state index contributed by atoms with van der Waals surface area (Å²) >= 11 is 0. The number of rotatable bonds is 7. The number of piperazine rings is 1. The van der Waals surface area contributed by atoms with Crippen molar-refractivity contribution in [2.24, 2.45) is 0 Å². The average molecular weight is 383 g/mol. The number of hydrogen-bond acceptors (Lipinski definition) is 5. The van der Waals surface area contributed by atoms with E-state index < -0.39 is 0 Å². The van der Waals surface area contributed by atoms with Crippen molar-refractivity contribution in [3.8, 4) is 11.5 Å². The fraction of sp³-hybridized carbons (Fsp3) is 0.409. The highest BCUT2D eigenvalue weighted by Gasteiger charge is 2.25. The number of hydrogen-bond donors (Lipinski definition) is 1. The molecule has 0 aliphatic carbocycles. The molecule has 1 fully saturated rings. The quantitative estimate of drug-likeness (QED) is 0.797. The highest BCUT2D eigenvalue weighted by atomic mass is 16.5. The number of methoxy groups -OCH3 is 2. The lowest BCUT2D eigenvalue weighted by atomic mass is 10.1. The Morgan fingerprint density at radius 3 is 2.32 bits per heavy atom. The monoisotopic (exact) mass is 383 g/mol. The van der Waals surface area contributed by atoms with Crippen molar-refractivity contribution in [1.82, 2.24) is 9.80 Å². The molecule has 2 aromatic rings. The van der Waals surface area contributed by atoms with Crippen LogP contribution >= 0.6 is 0 Å². The van der Waals surface area contributed by atoms with Gasteiger partial charge >= 0.3 is 0 Å². The largest absolute Gasteiger partial charge is 0.493 e. The molecule has 6 nitrogen and oxygen atoms in total. The third-order valence-electron chi connectivity index (χ3n) is 5.23. The summed E-state index contributed by atoms with van der Waals surface area (Å²) in [4.78, 5) is 17.4. The minimum Gasteiger partial charge on any atom is -0.493 e. The zero-order valence-electron chi connectivity index (χ0n) is 16.9. The van der Waals surface area contributed by atoms with Crippen LogP contribution < -0.4 is 14.8 Å². The summed E-state index contributed by atoms with van der Waals surface area (Å²) in [7, 11) is 3.18. The molecule has 0 radical (unpaired) electrons. The van der Waals surface area contributed by atoms with Crippen LogP contribution in [0.4, 0.5) is 5.69 Å². The number of ether oxygens (including phenoxy) is 2. The van der Waals surface area contributed by atoms with Crippen LogP contribution in [-0.4, -0.2) is 62.1 Å². The third-order valence-corrected chi connectivity index (χ3v) is 5.23. The van der Waals surface area contributed by atoms with Gasteiger partial charge in [-0.2, -0.15) is 0 Å². The Morgan fingerprint density at radius 2 is 1.68 bits per heavy atom. The molecule has 1 heterocycles. The molecule has 3 rings (SSSR count). The highest BCUT2D eigenvalue weighted by Crippen LogP contribution is 2.29. The lowest BCUT2D eigenvalue weighted by Crippen LogP contribution is -2.52. The van der Waals surface area contributed by atoms with Crippen LogP contribution in [0.1, 0.15) is 12.5 Å². The number of anilines is 1. The van der Waals surface area contributed by atoms with Gasteiger partial charge in [0.2, 0.25) is 5.91 Å². The van der Waals surface area contributed by atoms with E-state index in [2.05, 4.69) is 39.4 Å². The average Bonchev–Trinajstić information content (AvgIpc) is 2.74. The van der Waals surface area contributed by atoms with Gasteiger partial charge in [-0.15, -0.1) is 0 Å². The second kappa shape index (κ2) is 9.57. The fourth-order valence-corrected chi connectivity index (χ4v) is 3.48. The first-order valence-electron chi connectivity index (χ1n) is 9.64. The summed E-state index contributed by atoms with van der Waals surface area (Å²) in [5.74, 6) is 1.23. The Balaban J connectivity index is 1.52. The number of benzene rings is 2. The van der Waals surface area contributed by atoms with Crippen LogP contribution in [0.2, 0.25) is 0 Å². The van der Waals surface area contributed by atoms with Gasteiger partial charge in [0.15, 0.2) is 11.5 Å². The summed E-state index contributed by atoms with van der Waals surface area (Å²) in [6.07, 6.45) is 0. The molecule has 1 atom stereocenters. The summed E-state index contributed by atoms with van der Waals surface area (Å²) in [5.41, 5.74) is 2.03. The lowest BCUT2D eigenvalue weighted by Gasteiger charge is -2.37. The normalized spacial score (nSPS) is 16.4. The molecule has 1 saturated heterocycles. The van der Waals surface area contributed by atoms with Crippen LogP contribution in [0.5, 0.6) is 11.5 Å². The topological polar surface area (TPSA) is 54.0 Å². The molecule has 1 N–H and O–H groups in total. The van der Waals surface area contributed by atoms with E-state index >= 15 is 0 Å². The minimum atomic E-state index is -0.188. The zero-order valence-corrected chi connectivity index (χ0v) is 16.9. The predicted molar refractivity (Wildman–Crippen MR) is 111 cm³/mol. The SMILES string of the molecule is COc1ccc(NC(=O)[C@H](C)N2CCN(Cc3ccccc3)CC2)cc1OC. The van der Waals surface area contributed by atoms with Crippen LogP contribution in [-0.2, 0) is 11.3 Å². The third kappa shape index (κ3) is 5.03. The van der Waals surface area contributed by atoms with Crippen LogP contribution in [0, 0.1) is 0 Å². The first-order valence-corrected chi connectivity index (χ1v) is 9.64. The number of nitrogens with one attached hydrogen (secondary N) is 1. The number of carbonyl (C=O) groups is 1. The number of carbonyl (C=O) groups excluding carboxylic acids is 1. The Kier molecular flexibility index (Phi) is 6.90. The minimum absolute atomic E-state index is 0.0104. The number of amides is 1. The Hall–Kier alpha value is -2.57. The molecular formula is C22H29N3O3. The first kappa shape index (κ1) is 20.2. The van der Waals surface area contributed by atoms with Gasteiger partial charge < -0.3 is 14.8 Å². The van der Waals surface area contributed by atoms with Crippen LogP contribution in [0.15, 0.2) is 48.5 Å². The zero-order chi connectivity index (χ0) is 19.9. The second-order valence-electron chi connectivity index (χ2n) is 7.03. The maximum atomic E-state index is 12.7. The summed E-state index contributed by atoms with van der Waals surface area (Å²) in [5, 5.41) is 2.99. The summed E-state index contributed by atoms with van der Waals surface area (Å²) in [6.45, 7) is 6.61. The lowest BCUT2D eigenvalue weighted by molar-refractivity contribution is -0.121. The summed E-state index contributed by atoms with van der Waals surface area (Å²) in [6, 6.07) is 15.7. The smallest absolute Gasteiger partial charge is 0.241 e. The van der Waals surface area contributed by atoms with E-state index in [4.69, 9.17) is 9.47 Å². The van der Waals surface area contributed by atoms with Gasteiger partial charge in [0.1, 0.15) is 0 Å². The maximum absolute atomic E-state index is 12.7. The molecule has 0 bridgehead atoms. The number of nitrogens with zero attached hydrogens (tertiary/aromatic N) is 2. The molecule has 28 heavy (non-hydrogen) atoms. The maximum Gasteiger partial charge on any atom is 0.241 e.